The van der Waals surface area contributed by atoms with Gasteiger partial charge >= 0.3 is 5.97 Å². The molecule has 0 spiro atoms. The SMILES string of the molecule is [2H]c1cc(C(=O)C([2H])([2H])[C@]([2H])(N)C(=O)OC([2H])([2H])[2H])c(N)c([2H])c1Cl. The first kappa shape index (κ1) is 5.84. The van der Waals surface area contributed by atoms with Gasteiger partial charge in [-0.2, -0.15) is 0 Å². The highest BCUT2D eigenvalue weighted by Crippen LogP contribution is 2.19. The summed E-state index contributed by atoms with van der Waals surface area (Å²) in [6.45, 7) is 0. The minimum atomic E-state index is -3.49. The molecule has 1 aromatic carbocycles. The Balaban J connectivity index is 3.39. The number of rotatable bonds is 4. The summed E-state index contributed by atoms with van der Waals surface area (Å²) in [5, 5.41) is -0.388. The van der Waals surface area contributed by atoms with Crippen molar-refractivity contribution in [2.75, 3.05) is 12.8 Å². The largest absolute Gasteiger partial charge is 0.468 e. The second kappa shape index (κ2) is 5.65. The molecule has 17 heavy (non-hydrogen) atoms. The number of ketones is 1. The number of hydrogen-bond acceptors (Lipinski definition) is 5. The van der Waals surface area contributed by atoms with E-state index in [1.165, 1.54) is 0 Å². The number of Topliss-reactive ketones (excluding diaryl/α,β-unsaturated/α-hetero) is 1. The van der Waals surface area contributed by atoms with Crippen LogP contribution in [0.1, 0.15) is 27.7 Å². The molecule has 0 aliphatic rings. The van der Waals surface area contributed by atoms with Crippen LogP contribution < -0.4 is 11.5 Å². The van der Waals surface area contributed by atoms with Gasteiger partial charge in [0.2, 0.25) is 0 Å². The maximum absolute atomic E-state index is 12.4. The van der Waals surface area contributed by atoms with Crippen molar-refractivity contribution in [3.8, 4) is 0 Å². The molecule has 0 bridgehead atoms. The highest BCUT2D eigenvalue weighted by Gasteiger charge is 2.20. The number of nitrogens with two attached hydrogens (primary N) is 2. The number of nitrogen functional groups attached to an aromatic ring is 1. The molecule has 0 aromatic heterocycles. The third kappa shape index (κ3) is 3.44. The summed E-state index contributed by atoms with van der Waals surface area (Å²) in [5.74, 6) is -3.61. The minimum absolute atomic E-state index is 0.388. The van der Waals surface area contributed by atoms with Crippen molar-refractivity contribution in [3.05, 3.63) is 28.7 Å². The van der Waals surface area contributed by atoms with Gasteiger partial charge in [-0.3, -0.25) is 9.59 Å². The summed E-state index contributed by atoms with van der Waals surface area (Å²) >= 11 is 5.63. The lowest BCUT2D eigenvalue weighted by Crippen LogP contribution is -2.34. The lowest BCUT2D eigenvalue weighted by molar-refractivity contribution is -0.142. The number of methoxy groups -OCH3 is 1. The monoisotopic (exact) mass is 264 g/mol. The Morgan fingerprint density at radius 3 is 3.18 bits per heavy atom. The zero-order valence-corrected chi connectivity index (χ0v) is 9.09. The number of esters is 1. The van der Waals surface area contributed by atoms with E-state index in [1.54, 1.807) is 0 Å². The van der Waals surface area contributed by atoms with Crippen molar-refractivity contribution in [1.29, 1.82) is 0 Å². The number of anilines is 1. The van der Waals surface area contributed by atoms with Gasteiger partial charge in [0.05, 0.1) is 15.3 Å². The Morgan fingerprint density at radius 2 is 2.53 bits per heavy atom. The number of benzene rings is 1. The number of carbonyl (C=O) groups is 2. The third-order valence-electron chi connectivity index (χ3n) is 1.68. The van der Waals surface area contributed by atoms with Crippen molar-refractivity contribution in [2.24, 2.45) is 5.73 Å². The lowest BCUT2D eigenvalue weighted by atomic mass is 10.0. The fourth-order valence-corrected chi connectivity index (χ4v) is 1.07. The smallest absolute Gasteiger partial charge is 0.323 e. The molecule has 0 aliphatic heterocycles. The molecule has 0 radical (unpaired) electrons. The van der Waals surface area contributed by atoms with Gasteiger partial charge in [0.15, 0.2) is 5.78 Å². The Hall–Kier alpha value is -1.59. The van der Waals surface area contributed by atoms with Crippen LogP contribution in [0.25, 0.3) is 0 Å². The van der Waals surface area contributed by atoms with Crippen molar-refractivity contribution >= 4 is 29.0 Å². The van der Waals surface area contributed by atoms with Crippen LogP contribution in [0.5, 0.6) is 0 Å². The predicted octanol–water partition coefficient (Wildman–Crippen LogP) is 0.995. The van der Waals surface area contributed by atoms with Crippen molar-refractivity contribution in [2.45, 2.75) is 12.4 Å². The number of carbonyl (C=O) groups excluding carboxylic acids is 2. The molecule has 0 unspecified atom stereocenters. The van der Waals surface area contributed by atoms with E-state index in [0.717, 1.165) is 6.07 Å². The fraction of sp³-hybridized carbons (Fsp3) is 0.273. The first-order valence-corrected chi connectivity index (χ1v) is 4.54. The molecule has 92 valence electrons. The summed E-state index contributed by atoms with van der Waals surface area (Å²) in [6, 6.07) is -3.82. The zero-order valence-electron chi connectivity index (χ0n) is 16.3. The van der Waals surface area contributed by atoms with Gasteiger partial charge in [0, 0.05) is 25.4 Å². The van der Waals surface area contributed by atoms with Crippen LogP contribution in [-0.4, -0.2) is 24.8 Å². The predicted molar refractivity (Wildman–Crippen MR) is 64.8 cm³/mol. The van der Waals surface area contributed by atoms with Gasteiger partial charge in [0.25, 0.3) is 0 Å². The van der Waals surface area contributed by atoms with Gasteiger partial charge in [-0.15, -0.1) is 0 Å². The second-order valence-corrected chi connectivity index (χ2v) is 3.19. The fourth-order valence-electron chi connectivity index (χ4n) is 0.918. The highest BCUT2D eigenvalue weighted by molar-refractivity contribution is 6.31. The lowest BCUT2D eigenvalue weighted by Gasteiger charge is -2.09. The summed E-state index contributed by atoms with van der Waals surface area (Å²) in [4.78, 5) is 24.1. The van der Waals surface area contributed by atoms with Gasteiger partial charge in [0.1, 0.15) is 6.02 Å². The van der Waals surface area contributed by atoms with Crippen molar-refractivity contribution < 1.29 is 25.3 Å². The standard InChI is InChI=1S/C11H13ClN2O3/c1-17-11(16)9(14)5-10(15)7-3-2-6(12)4-8(7)13/h2-4,9H,5,13-14H2,1H3/t9-/m0/s1/i1D3,2D,4D,5D2,9D. The molecular weight excluding hydrogens is 244 g/mol. The molecule has 1 atom stereocenters. The van der Waals surface area contributed by atoms with Crippen LogP contribution in [0.4, 0.5) is 5.69 Å². The van der Waals surface area contributed by atoms with Gasteiger partial charge < -0.3 is 16.2 Å². The maximum Gasteiger partial charge on any atom is 0.323 e. The summed E-state index contributed by atoms with van der Waals surface area (Å²) in [7, 11) is -3.30. The Labute approximate surface area is 115 Å². The molecule has 0 amide bonds. The van der Waals surface area contributed by atoms with E-state index >= 15 is 0 Å². The van der Waals surface area contributed by atoms with Crippen molar-refractivity contribution in [1.82, 2.24) is 0 Å². The molecule has 1 aromatic rings. The van der Waals surface area contributed by atoms with Crippen LogP contribution >= 0.6 is 11.6 Å². The molecule has 0 heterocycles. The zero-order chi connectivity index (χ0) is 20.0. The number of hydrogen-bond donors (Lipinski definition) is 2. The second-order valence-electron chi connectivity index (χ2n) is 2.81. The number of ether oxygens (including phenoxy) is 1. The molecule has 0 saturated heterocycles. The molecule has 1 rings (SSSR count). The molecule has 6 heteroatoms. The van der Waals surface area contributed by atoms with Crippen LogP contribution in [-0.2, 0) is 9.53 Å². The van der Waals surface area contributed by atoms with E-state index in [2.05, 4.69) is 4.74 Å². The van der Waals surface area contributed by atoms with E-state index in [-0.39, 0.29) is 5.02 Å². The molecule has 0 aliphatic carbocycles. The topological polar surface area (TPSA) is 95.4 Å². The van der Waals surface area contributed by atoms with Gasteiger partial charge in [-0.25, -0.2) is 0 Å². The van der Waals surface area contributed by atoms with Crippen LogP contribution in [0.2, 0.25) is 5.02 Å². The minimum Gasteiger partial charge on any atom is -0.468 e. The van der Waals surface area contributed by atoms with E-state index in [4.69, 9.17) is 34.0 Å². The van der Waals surface area contributed by atoms with Crippen LogP contribution in [0, 0.1) is 0 Å². The van der Waals surface area contributed by atoms with Crippen molar-refractivity contribution in [3.63, 3.8) is 0 Å². The summed E-state index contributed by atoms with van der Waals surface area (Å²) in [6.07, 6.45) is -3.49. The molecule has 5 nitrogen and oxygen atoms in total. The molecular formula is C11H13ClN2O3. The van der Waals surface area contributed by atoms with Gasteiger partial charge in [-0.05, 0) is 18.2 Å². The Kier molecular flexibility index (Phi) is 1.94. The van der Waals surface area contributed by atoms with E-state index in [9.17, 15) is 9.59 Å². The third-order valence-corrected chi connectivity index (χ3v) is 1.89. The molecule has 0 saturated carbocycles. The molecule has 4 N–H and O–H groups in total. The average Bonchev–Trinajstić information content (AvgIpc) is 2.46. The quantitative estimate of drug-likeness (QED) is 0.480. The maximum atomic E-state index is 12.4. The van der Waals surface area contributed by atoms with E-state index < -0.39 is 54.5 Å². The van der Waals surface area contributed by atoms with Crippen LogP contribution in [0.3, 0.4) is 0 Å². The number of halogens is 1. The van der Waals surface area contributed by atoms with Crippen LogP contribution in [0.15, 0.2) is 18.2 Å². The first-order valence-electron chi connectivity index (χ1n) is 8.16. The summed E-state index contributed by atoms with van der Waals surface area (Å²) < 4.78 is 62.4. The summed E-state index contributed by atoms with van der Waals surface area (Å²) in [5.41, 5.74) is 9.46. The first-order chi connectivity index (χ1) is 11.0. The van der Waals surface area contributed by atoms with E-state index in [1.807, 2.05) is 0 Å². The molecule has 0 fully saturated rings. The average molecular weight is 265 g/mol. The Bertz CT molecular complexity index is 735. The van der Waals surface area contributed by atoms with E-state index in [0.29, 0.717) is 0 Å². The highest BCUT2D eigenvalue weighted by atomic mass is 35.5. The van der Waals surface area contributed by atoms with Gasteiger partial charge in [-0.1, -0.05) is 11.6 Å². The Morgan fingerprint density at radius 1 is 1.82 bits per heavy atom. The normalized spacial score (nSPS) is 22.2.